The standard InChI is InChI=1S/C21H19N3O5S/c25-20(24-11-10-15-17(12-24)22-23-19(15)21(26)27)16-8-4-5-9-18(16)30(28,29)13-14-6-2-1-3-7-14/h1-9H,10-13H2,(H,22,23)(H,26,27). The molecule has 1 aliphatic rings. The molecule has 8 nitrogen and oxygen atoms in total. The van der Waals surface area contributed by atoms with Crippen molar-refractivity contribution in [2.45, 2.75) is 23.6 Å². The Balaban J connectivity index is 1.62. The highest BCUT2D eigenvalue weighted by atomic mass is 32.2. The van der Waals surface area contributed by atoms with E-state index in [1.807, 2.05) is 6.07 Å². The highest BCUT2D eigenvalue weighted by Crippen LogP contribution is 2.25. The van der Waals surface area contributed by atoms with E-state index >= 15 is 0 Å². The molecule has 9 heteroatoms. The first kappa shape index (κ1) is 19.8. The van der Waals surface area contributed by atoms with E-state index in [4.69, 9.17) is 0 Å². The highest BCUT2D eigenvalue weighted by molar-refractivity contribution is 7.90. The number of amides is 1. The molecule has 0 atom stereocenters. The lowest BCUT2D eigenvalue weighted by Gasteiger charge is -2.27. The van der Waals surface area contributed by atoms with Crippen molar-refractivity contribution in [3.8, 4) is 0 Å². The van der Waals surface area contributed by atoms with Gasteiger partial charge in [0.2, 0.25) is 0 Å². The lowest BCUT2D eigenvalue weighted by Crippen LogP contribution is -2.37. The first-order valence-corrected chi connectivity index (χ1v) is 11.0. The van der Waals surface area contributed by atoms with Gasteiger partial charge < -0.3 is 10.0 Å². The van der Waals surface area contributed by atoms with Crippen LogP contribution in [0.4, 0.5) is 0 Å². The normalized spacial score (nSPS) is 13.7. The van der Waals surface area contributed by atoms with Crippen LogP contribution in [0.3, 0.4) is 0 Å². The maximum Gasteiger partial charge on any atom is 0.356 e. The van der Waals surface area contributed by atoms with E-state index in [-0.39, 0.29) is 35.0 Å². The maximum absolute atomic E-state index is 13.2. The van der Waals surface area contributed by atoms with Gasteiger partial charge in [-0.05, 0) is 24.1 Å². The number of nitrogens with one attached hydrogen (secondary N) is 1. The molecule has 3 aromatic rings. The van der Waals surface area contributed by atoms with Crippen molar-refractivity contribution in [3.63, 3.8) is 0 Å². The van der Waals surface area contributed by atoms with Gasteiger partial charge in [0.25, 0.3) is 5.91 Å². The van der Waals surface area contributed by atoms with Crippen LogP contribution >= 0.6 is 0 Å². The molecule has 0 saturated carbocycles. The fourth-order valence-corrected chi connectivity index (χ4v) is 5.19. The Morgan fingerprint density at radius 1 is 1.07 bits per heavy atom. The number of fused-ring (bicyclic) bond motifs is 1. The van der Waals surface area contributed by atoms with Crippen LogP contribution in [0.1, 0.15) is 37.7 Å². The molecule has 0 unspecified atom stereocenters. The Labute approximate surface area is 173 Å². The van der Waals surface area contributed by atoms with Crippen LogP contribution in [0.2, 0.25) is 0 Å². The number of aromatic carboxylic acids is 1. The van der Waals surface area contributed by atoms with Crippen LogP contribution < -0.4 is 0 Å². The van der Waals surface area contributed by atoms with Crippen LogP contribution in [0.15, 0.2) is 59.5 Å². The number of H-pyrrole nitrogens is 1. The Bertz CT molecular complexity index is 1220. The van der Waals surface area contributed by atoms with Gasteiger partial charge in [-0.3, -0.25) is 9.89 Å². The van der Waals surface area contributed by atoms with E-state index in [1.165, 1.54) is 17.0 Å². The second-order valence-corrected chi connectivity index (χ2v) is 9.01. The van der Waals surface area contributed by atoms with Crippen LogP contribution in [-0.4, -0.2) is 47.0 Å². The molecule has 154 valence electrons. The van der Waals surface area contributed by atoms with Crippen molar-refractivity contribution in [3.05, 3.63) is 82.7 Å². The lowest BCUT2D eigenvalue weighted by atomic mass is 10.0. The quantitative estimate of drug-likeness (QED) is 0.647. The smallest absolute Gasteiger partial charge is 0.356 e. The number of carbonyl (C=O) groups excluding carboxylic acids is 1. The SMILES string of the molecule is O=C(O)c1n[nH]c2c1CCN(C(=O)c1ccccc1S(=O)(=O)Cc1ccccc1)C2. The predicted molar refractivity (Wildman–Crippen MR) is 108 cm³/mol. The Kier molecular flexibility index (Phi) is 5.13. The molecule has 0 spiro atoms. The molecule has 2 aromatic carbocycles. The zero-order chi connectivity index (χ0) is 21.3. The Morgan fingerprint density at radius 2 is 1.77 bits per heavy atom. The number of carboxylic acid groups (broad SMARTS) is 1. The zero-order valence-corrected chi connectivity index (χ0v) is 16.7. The van der Waals surface area contributed by atoms with E-state index in [9.17, 15) is 23.1 Å². The minimum atomic E-state index is -3.74. The molecule has 1 aliphatic heterocycles. The van der Waals surface area contributed by atoms with E-state index < -0.39 is 21.7 Å². The summed E-state index contributed by atoms with van der Waals surface area (Å²) in [5.41, 5.74) is 1.84. The monoisotopic (exact) mass is 425 g/mol. The number of nitrogens with zero attached hydrogens (tertiary/aromatic N) is 2. The molecule has 0 aliphatic carbocycles. The van der Waals surface area contributed by atoms with Crippen molar-refractivity contribution >= 4 is 21.7 Å². The summed E-state index contributed by atoms with van der Waals surface area (Å²) < 4.78 is 26.1. The van der Waals surface area contributed by atoms with Crippen molar-refractivity contribution in [2.75, 3.05) is 6.54 Å². The molecular weight excluding hydrogens is 406 g/mol. The molecule has 0 saturated heterocycles. The number of rotatable bonds is 5. The van der Waals surface area contributed by atoms with Crippen LogP contribution in [-0.2, 0) is 28.6 Å². The van der Waals surface area contributed by atoms with E-state index in [0.29, 0.717) is 23.2 Å². The molecular formula is C21H19N3O5S. The molecule has 4 rings (SSSR count). The molecule has 1 amide bonds. The highest BCUT2D eigenvalue weighted by Gasteiger charge is 2.30. The molecule has 0 bridgehead atoms. The molecule has 1 aromatic heterocycles. The third kappa shape index (κ3) is 3.71. The Hall–Kier alpha value is -3.46. The lowest BCUT2D eigenvalue weighted by molar-refractivity contribution is 0.0688. The maximum atomic E-state index is 13.2. The van der Waals surface area contributed by atoms with Crippen LogP contribution in [0, 0.1) is 0 Å². The summed E-state index contributed by atoms with van der Waals surface area (Å²) in [5.74, 6) is -1.74. The van der Waals surface area contributed by atoms with Crippen molar-refractivity contribution in [2.24, 2.45) is 0 Å². The summed E-state index contributed by atoms with van der Waals surface area (Å²) in [6, 6.07) is 15.0. The van der Waals surface area contributed by atoms with Crippen LogP contribution in [0.25, 0.3) is 0 Å². The van der Waals surface area contributed by atoms with Gasteiger partial charge >= 0.3 is 5.97 Å². The third-order valence-corrected chi connectivity index (χ3v) is 6.81. The van der Waals surface area contributed by atoms with Crippen molar-refractivity contribution in [1.29, 1.82) is 0 Å². The average molecular weight is 425 g/mol. The first-order chi connectivity index (χ1) is 14.4. The summed E-state index contributed by atoms with van der Waals surface area (Å²) >= 11 is 0. The topological polar surface area (TPSA) is 120 Å². The number of aromatic amines is 1. The summed E-state index contributed by atoms with van der Waals surface area (Å²) in [6.07, 6.45) is 0.331. The molecule has 0 radical (unpaired) electrons. The van der Waals surface area contributed by atoms with Gasteiger partial charge in [0.1, 0.15) is 0 Å². The van der Waals surface area contributed by atoms with Gasteiger partial charge in [0, 0.05) is 12.1 Å². The summed E-state index contributed by atoms with van der Waals surface area (Å²) in [4.78, 5) is 25.9. The van der Waals surface area contributed by atoms with Crippen molar-refractivity contribution < 1.29 is 23.1 Å². The van der Waals surface area contributed by atoms with E-state index in [2.05, 4.69) is 10.2 Å². The number of sulfone groups is 1. The van der Waals surface area contributed by atoms with Crippen molar-refractivity contribution in [1.82, 2.24) is 15.1 Å². The Morgan fingerprint density at radius 3 is 2.50 bits per heavy atom. The number of carbonyl (C=O) groups is 2. The largest absolute Gasteiger partial charge is 0.476 e. The van der Waals surface area contributed by atoms with Gasteiger partial charge in [-0.25, -0.2) is 13.2 Å². The first-order valence-electron chi connectivity index (χ1n) is 9.31. The fraction of sp³-hybridized carbons (Fsp3) is 0.190. The summed E-state index contributed by atoms with van der Waals surface area (Å²) in [6.45, 7) is 0.417. The predicted octanol–water partition coefficient (Wildman–Crippen LogP) is 2.28. The van der Waals surface area contributed by atoms with Gasteiger partial charge in [0.15, 0.2) is 15.5 Å². The van der Waals surface area contributed by atoms with E-state index in [1.54, 1.807) is 36.4 Å². The number of aromatic nitrogens is 2. The zero-order valence-electron chi connectivity index (χ0n) is 15.9. The van der Waals surface area contributed by atoms with Gasteiger partial charge in [-0.1, -0.05) is 42.5 Å². The second kappa shape index (κ2) is 7.75. The number of hydrogen-bond acceptors (Lipinski definition) is 5. The summed E-state index contributed by atoms with van der Waals surface area (Å²) in [5, 5.41) is 15.7. The average Bonchev–Trinajstić information content (AvgIpc) is 3.17. The van der Waals surface area contributed by atoms with Gasteiger partial charge in [-0.2, -0.15) is 5.10 Å². The number of benzene rings is 2. The third-order valence-electron chi connectivity index (χ3n) is 5.08. The molecule has 30 heavy (non-hydrogen) atoms. The number of carboxylic acids is 1. The van der Waals surface area contributed by atoms with Crippen LogP contribution in [0.5, 0.6) is 0 Å². The minimum absolute atomic E-state index is 0.0134. The molecule has 2 heterocycles. The number of hydrogen-bond donors (Lipinski definition) is 2. The van der Waals surface area contributed by atoms with Gasteiger partial charge in [0.05, 0.1) is 28.5 Å². The molecule has 2 N–H and O–H groups in total. The fourth-order valence-electron chi connectivity index (χ4n) is 3.62. The second-order valence-electron chi connectivity index (χ2n) is 7.05. The minimum Gasteiger partial charge on any atom is -0.476 e. The van der Waals surface area contributed by atoms with Gasteiger partial charge in [-0.15, -0.1) is 0 Å². The molecule has 0 fully saturated rings. The summed E-state index contributed by atoms with van der Waals surface area (Å²) in [7, 11) is -3.74. The van der Waals surface area contributed by atoms with E-state index in [0.717, 1.165) is 0 Å².